The number of ether oxygens (including phenoxy) is 4. The molecule has 30 heavy (non-hydrogen) atoms. The van der Waals surface area contributed by atoms with E-state index in [2.05, 4.69) is 21.2 Å². The van der Waals surface area contributed by atoms with Crippen molar-refractivity contribution in [3.63, 3.8) is 0 Å². The van der Waals surface area contributed by atoms with Gasteiger partial charge in [-0.05, 0) is 18.2 Å². The number of fused-ring (bicyclic) bond motifs is 1. The fourth-order valence-electron chi connectivity index (χ4n) is 2.76. The molecule has 0 aliphatic heterocycles. The standard InChI is InChI=1S/C22H22FN3O4/c1-4-15-6-5-7-16(12-15)26-22-19-17(24-14-25-22)13-18(29-10-8-27-2)21(20(19)23)30-11-9-28-3/h1,5-7,12-14H,8-11H2,2-3H3,(H,24,25,26). The third-order valence-electron chi connectivity index (χ3n) is 4.16. The molecule has 156 valence electrons. The Hall–Kier alpha value is -3.41. The number of aromatic nitrogens is 2. The topological polar surface area (TPSA) is 74.7 Å². The van der Waals surface area contributed by atoms with Gasteiger partial charge in [0.2, 0.25) is 0 Å². The zero-order valence-electron chi connectivity index (χ0n) is 16.8. The van der Waals surface area contributed by atoms with E-state index in [9.17, 15) is 0 Å². The van der Waals surface area contributed by atoms with E-state index in [4.69, 9.17) is 25.4 Å². The van der Waals surface area contributed by atoms with Crippen molar-refractivity contribution in [2.24, 2.45) is 0 Å². The molecule has 0 spiro atoms. The summed E-state index contributed by atoms with van der Waals surface area (Å²) < 4.78 is 36.8. The fourth-order valence-corrected chi connectivity index (χ4v) is 2.76. The predicted octanol–water partition coefficient (Wildman–Crippen LogP) is 3.54. The average molecular weight is 411 g/mol. The molecule has 1 heterocycles. The molecule has 0 amide bonds. The van der Waals surface area contributed by atoms with E-state index in [0.29, 0.717) is 30.0 Å². The lowest BCUT2D eigenvalue weighted by atomic mass is 10.1. The molecular weight excluding hydrogens is 389 g/mol. The van der Waals surface area contributed by atoms with Crippen LogP contribution in [0.4, 0.5) is 15.9 Å². The predicted molar refractivity (Wildman–Crippen MR) is 112 cm³/mol. The molecule has 0 saturated heterocycles. The van der Waals surface area contributed by atoms with E-state index >= 15 is 4.39 Å². The maximum atomic E-state index is 15.5. The molecule has 7 nitrogen and oxygen atoms in total. The van der Waals surface area contributed by atoms with Crippen LogP contribution >= 0.6 is 0 Å². The zero-order chi connectivity index (χ0) is 21.3. The van der Waals surface area contributed by atoms with Gasteiger partial charge in [-0.3, -0.25) is 0 Å². The van der Waals surface area contributed by atoms with E-state index in [1.807, 2.05) is 6.07 Å². The Morgan fingerprint density at radius 1 is 1.03 bits per heavy atom. The lowest BCUT2D eigenvalue weighted by molar-refractivity contribution is 0.130. The van der Waals surface area contributed by atoms with Gasteiger partial charge in [0.25, 0.3) is 0 Å². The molecule has 0 aliphatic carbocycles. The smallest absolute Gasteiger partial charge is 0.198 e. The van der Waals surface area contributed by atoms with Crippen LogP contribution in [0.1, 0.15) is 5.56 Å². The van der Waals surface area contributed by atoms with Crippen LogP contribution in [-0.2, 0) is 9.47 Å². The number of terminal acetylenes is 1. The molecule has 0 fully saturated rings. The number of hydrogen-bond donors (Lipinski definition) is 1. The van der Waals surface area contributed by atoms with Crippen LogP contribution in [0.25, 0.3) is 10.9 Å². The van der Waals surface area contributed by atoms with Crippen molar-refractivity contribution in [1.29, 1.82) is 0 Å². The lowest BCUT2D eigenvalue weighted by Crippen LogP contribution is -2.10. The van der Waals surface area contributed by atoms with Gasteiger partial charge in [-0.1, -0.05) is 12.0 Å². The van der Waals surface area contributed by atoms with Crippen LogP contribution in [0.15, 0.2) is 36.7 Å². The first-order chi connectivity index (χ1) is 14.7. The van der Waals surface area contributed by atoms with Crippen LogP contribution in [0, 0.1) is 18.2 Å². The molecule has 0 aliphatic rings. The quantitative estimate of drug-likeness (QED) is 0.404. The third-order valence-corrected chi connectivity index (χ3v) is 4.16. The minimum atomic E-state index is -0.632. The minimum absolute atomic E-state index is 0.0362. The van der Waals surface area contributed by atoms with Crippen molar-refractivity contribution in [2.75, 3.05) is 46.0 Å². The molecule has 0 unspecified atom stereocenters. The summed E-state index contributed by atoms with van der Waals surface area (Å²) in [6.07, 6.45) is 6.80. The highest BCUT2D eigenvalue weighted by Gasteiger charge is 2.20. The van der Waals surface area contributed by atoms with Crippen molar-refractivity contribution < 1.29 is 23.3 Å². The molecule has 2 aromatic carbocycles. The van der Waals surface area contributed by atoms with Crippen LogP contribution < -0.4 is 14.8 Å². The second-order valence-corrected chi connectivity index (χ2v) is 6.17. The molecule has 8 heteroatoms. The van der Waals surface area contributed by atoms with E-state index in [0.717, 1.165) is 0 Å². The van der Waals surface area contributed by atoms with Gasteiger partial charge in [0.1, 0.15) is 25.4 Å². The van der Waals surface area contributed by atoms with Gasteiger partial charge in [-0.2, -0.15) is 0 Å². The number of methoxy groups -OCH3 is 2. The molecule has 0 radical (unpaired) electrons. The fraction of sp³-hybridized carbons (Fsp3) is 0.273. The van der Waals surface area contributed by atoms with Crippen LogP contribution in [0.2, 0.25) is 0 Å². The summed E-state index contributed by atoms with van der Waals surface area (Å²) in [7, 11) is 3.09. The zero-order valence-corrected chi connectivity index (χ0v) is 16.8. The number of nitrogens with zero attached hydrogens (tertiary/aromatic N) is 2. The molecule has 0 bridgehead atoms. The van der Waals surface area contributed by atoms with Crippen LogP contribution in [-0.4, -0.2) is 50.6 Å². The van der Waals surface area contributed by atoms with Crippen LogP contribution in [0.3, 0.4) is 0 Å². The summed E-state index contributed by atoms with van der Waals surface area (Å²) >= 11 is 0. The number of nitrogens with one attached hydrogen (secondary N) is 1. The molecule has 0 atom stereocenters. The van der Waals surface area contributed by atoms with Crippen molar-refractivity contribution in [3.8, 4) is 23.8 Å². The van der Waals surface area contributed by atoms with Gasteiger partial charge in [-0.15, -0.1) is 6.42 Å². The summed E-state index contributed by atoms with van der Waals surface area (Å²) in [6.45, 7) is 1.03. The van der Waals surface area contributed by atoms with Crippen molar-refractivity contribution in [2.45, 2.75) is 0 Å². The van der Waals surface area contributed by atoms with Gasteiger partial charge in [0.05, 0.1) is 24.1 Å². The summed E-state index contributed by atoms with van der Waals surface area (Å²) in [6, 6.07) is 8.80. The molecule has 1 N–H and O–H groups in total. The molecule has 1 aromatic heterocycles. The summed E-state index contributed by atoms with van der Waals surface area (Å²) in [5, 5.41) is 3.28. The van der Waals surface area contributed by atoms with E-state index in [1.54, 1.807) is 31.4 Å². The highest BCUT2D eigenvalue weighted by atomic mass is 19.1. The second kappa shape index (κ2) is 10.4. The van der Waals surface area contributed by atoms with E-state index < -0.39 is 5.82 Å². The van der Waals surface area contributed by atoms with Gasteiger partial charge >= 0.3 is 0 Å². The number of halogens is 1. The molecule has 3 aromatic rings. The Morgan fingerprint density at radius 2 is 1.80 bits per heavy atom. The van der Waals surface area contributed by atoms with Crippen molar-refractivity contribution >= 4 is 22.4 Å². The first-order valence-electron chi connectivity index (χ1n) is 9.22. The first-order valence-corrected chi connectivity index (χ1v) is 9.22. The van der Waals surface area contributed by atoms with Gasteiger partial charge in [0, 0.05) is 31.5 Å². The monoisotopic (exact) mass is 411 g/mol. The molecule has 3 rings (SSSR count). The number of benzene rings is 2. The Bertz CT molecular complexity index is 1050. The Balaban J connectivity index is 2.04. The van der Waals surface area contributed by atoms with Gasteiger partial charge in [-0.25, -0.2) is 14.4 Å². The second-order valence-electron chi connectivity index (χ2n) is 6.17. The van der Waals surface area contributed by atoms with Crippen molar-refractivity contribution in [3.05, 3.63) is 48.0 Å². The SMILES string of the molecule is C#Cc1cccc(Nc2ncnc3cc(OCCOC)c(OCCOC)c(F)c23)c1. The Kier molecular flexibility index (Phi) is 7.38. The maximum absolute atomic E-state index is 15.5. The Labute approximate surface area is 174 Å². The highest BCUT2D eigenvalue weighted by Crippen LogP contribution is 2.38. The molecular formula is C22H22FN3O4. The largest absolute Gasteiger partial charge is 0.487 e. The Morgan fingerprint density at radius 3 is 2.53 bits per heavy atom. The lowest BCUT2D eigenvalue weighted by Gasteiger charge is -2.16. The van der Waals surface area contributed by atoms with Gasteiger partial charge < -0.3 is 24.3 Å². The van der Waals surface area contributed by atoms with Crippen molar-refractivity contribution in [1.82, 2.24) is 9.97 Å². The summed E-state index contributed by atoms with van der Waals surface area (Å²) in [5.41, 5.74) is 1.73. The minimum Gasteiger partial charge on any atom is -0.487 e. The first kappa shape index (κ1) is 21.3. The summed E-state index contributed by atoms with van der Waals surface area (Å²) in [5.74, 6) is 2.41. The molecule has 0 saturated carbocycles. The average Bonchev–Trinajstić information content (AvgIpc) is 2.76. The van der Waals surface area contributed by atoms with E-state index in [1.165, 1.54) is 13.4 Å². The third kappa shape index (κ3) is 4.95. The van der Waals surface area contributed by atoms with Gasteiger partial charge in [0.15, 0.2) is 17.3 Å². The highest BCUT2D eigenvalue weighted by molar-refractivity contribution is 5.93. The number of anilines is 2. The maximum Gasteiger partial charge on any atom is 0.198 e. The van der Waals surface area contributed by atoms with Crippen LogP contribution in [0.5, 0.6) is 11.5 Å². The number of rotatable bonds is 10. The normalized spacial score (nSPS) is 10.6. The summed E-state index contributed by atoms with van der Waals surface area (Å²) in [4.78, 5) is 8.40. The number of hydrogen-bond acceptors (Lipinski definition) is 7. The van der Waals surface area contributed by atoms with E-state index in [-0.39, 0.29) is 35.9 Å².